The van der Waals surface area contributed by atoms with Crippen molar-refractivity contribution in [3.8, 4) is 5.75 Å². The molecular weight excluding hydrogens is 249 g/mol. The quantitative estimate of drug-likeness (QED) is 0.790. The Morgan fingerprint density at radius 1 is 1.58 bits per heavy atom. The second kappa shape index (κ2) is 5.51. The van der Waals surface area contributed by atoms with Crippen LogP contribution in [0.25, 0.3) is 0 Å². The molecule has 5 nitrogen and oxygen atoms in total. The summed E-state index contributed by atoms with van der Waals surface area (Å²) >= 11 is 0. The monoisotopic (exact) mass is 263 g/mol. The highest BCUT2D eigenvalue weighted by atomic mass is 19.1. The van der Waals surface area contributed by atoms with E-state index in [-0.39, 0.29) is 17.4 Å². The van der Waals surface area contributed by atoms with Crippen LogP contribution < -0.4 is 5.32 Å². The maximum atomic E-state index is 13.6. The maximum absolute atomic E-state index is 13.6. The number of halogens is 1. The van der Waals surface area contributed by atoms with E-state index in [4.69, 9.17) is 0 Å². The number of rotatable bonds is 4. The predicted octanol–water partition coefficient (Wildman–Crippen LogP) is 2.14. The van der Waals surface area contributed by atoms with Crippen molar-refractivity contribution >= 4 is 5.91 Å². The van der Waals surface area contributed by atoms with Crippen LogP contribution in [-0.4, -0.2) is 21.0 Å². The number of imidazole rings is 1. The molecule has 0 fully saturated rings. The van der Waals surface area contributed by atoms with Crippen molar-refractivity contribution in [1.82, 2.24) is 15.3 Å². The van der Waals surface area contributed by atoms with Crippen LogP contribution in [0.15, 0.2) is 30.6 Å². The van der Waals surface area contributed by atoms with E-state index in [0.717, 1.165) is 6.07 Å². The summed E-state index contributed by atoms with van der Waals surface area (Å²) in [6, 6.07) is 3.38. The molecular formula is C13H14FN3O2. The number of nitrogens with zero attached hydrogens (tertiary/aromatic N) is 1. The van der Waals surface area contributed by atoms with Gasteiger partial charge in [-0.3, -0.25) is 4.79 Å². The van der Waals surface area contributed by atoms with E-state index >= 15 is 0 Å². The van der Waals surface area contributed by atoms with E-state index in [9.17, 15) is 14.3 Å². The van der Waals surface area contributed by atoms with Crippen LogP contribution in [-0.2, 0) is 0 Å². The standard InChI is InChI=1S/C13H14FN3O2/c1-2-9(12-15-6-7-16-12)17-13(19)11-8(14)4-3-5-10(11)18/h3-7,9,18H,2H2,1H3,(H,15,16)(H,17,19). The predicted molar refractivity (Wildman–Crippen MR) is 67.2 cm³/mol. The Morgan fingerprint density at radius 2 is 2.37 bits per heavy atom. The minimum Gasteiger partial charge on any atom is -0.507 e. The van der Waals surface area contributed by atoms with Crippen molar-refractivity contribution in [1.29, 1.82) is 0 Å². The number of phenols is 1. The average molecular weight is 263 g/mol. The molecule has 2 rings (SSSR count). The zero-order chi connectivity index (χ0) is 13.8. The average Bonchev–Trinajstić information content (AvgIpc) is 2.89. The van der Waals surface area contributed by atoms with Crippen LogP contribution in [0.4, 0.5) is 4.39 Å². The first-order valence-electron chi connectivity index (χ1n) is 5.91. The summed E-state index contributed by atoms with van der Waals surface area (Å²) in [4.78, 5) is 18.9. The van der Waals surface area contributed by atoms with E-state index in [1.54, 1.807) is 12.4 Å². The molecule has 0 radical (unpaired) electrons. The Labute approximate surface area is 109 Å². The lowest BCUT2D eigenvalue weighted by atomic mass is 10.1. The van der Waals surface area contributed by atoms with Crippen molar-refractivity contribution in [3.05, 3.63) is 47.8 Å². The molecule has 0 saturated heterocycles. The molecule has 1 atom stereocenters. The fourth-order valence-electron chi connectivity index (χ4n) is 1.80. The first-order chi connectivity index (χ1) is 9.13. The molecule has 2 aromatic rings. The zero-order valence-corrected chi connectivity index (χ0v) is 10.4. The molecule has 6 heteroatoms. The number of aromatic nitrogens is 2. The van der Waals surface area contributed by atoms with Crippen molar-refractivity contribution < 1.29 is 14.3 Å². The second-order valence-electron chi connectivity index (χ2n) is 4.04. The van der Waals surface area contributed by atoms with Gasteiger partial charge in [-0.1, -0.05) is 13.0 Å². The first-order valence-corrected chi connectivity index (χ1v) is 5.91. The lowest BCUT2D eigenvalue weighted by Crippen LogP contribution is -2.29. The largest absolute Gasteiger partial charge is 0.507 e. The minimum absolute atomic E-state index is 0.354. The van der Waals surface area contributed by atoms with Crippen LogP contribution in [0.2, 0.25) is 0 Å². The highest BCUT2D eigenvalue weighted by Gasteiger charge is 2.21. The molecule has 0 saturated carbocycles. The molecule has 0 aliphatic heterocycles. The van der Waals surface area contributed by atoms with Gasteiger partial charge in [0, 0.05) is 12.4 Å². The van der Waals surface area contributed by atoms with Crippen LogP contribution in [0.3, 0.4) is 0 Å². The van der Waals surface area contributed by atoms with Gasteiger partial charge in [0.1, 0.15) is 23.0 Å². The third-order valence-electron chi connectivity index (χ3n) is 2.78. The molecule has 19 heavy (non-hydrogen) atoms. The fourth-order valence-corrected chi connectivity index (χ4v) is 1.80. The molecule has 1 amide bonds. The lowest BCUT2D eigenvalue weighted by Gasteiger charge is -2.15. The highest BCUT2D eigenvalue weighted by Crippen LogP contribution is 2.21. The molecule has 1 aromatic heterocycles. The first kappa shape index (κ1) is 13.1. The Bertz CT molecular complexity index is 549. The number of hydrogen-bond acceptors (Lipinski definition) is 3. The summed E-state index contributed by atoms with van der Waals surface area (Å²) in [5.41, 5.74) is -0.354. The SMILES string of the molecule is CCC(NC(=O)c1c(O)cccc1F)c1ncc[nH]1. The summed E-state index contributed by atoms with van der Waals surface area (Å²) in [6.45, 7) is 1.87. The van der Waals surface area contributed by atoms with Gasteiger partial charge in [-0.05, 0) is 18.6 Å². The van der Waals surface area contributed by atoms with Crippen molar-refractivity contribution in [2.75, 3.05) is 0 Å². The molecule has 0 spiro atoms. The summed E-state index contributed by atoms with van der Waals surface area (Å²) in [5, 5.41) is 12.2. The number of carbonyl (C=O) groups excluding carboxylic acids is 1. The maximum Gasteiger partial charge on any atom is 0.258 e. The topological polar surface area (TPSA) is 78.0 Å². The van der Waals surface area contributed by atoms with Gasteiger partial charge in [-0.2, -0.15) is 0 Å². The number of aromatic amines is 1. The van der Waals surface area contributed by atoms with Gasteiger partial charge >= 0.3 is 0 Å². The number of aromatic hydroxyl groups is 1. The number of phenolic OH excluding ortho intramolecular Hbond substituents is 1. The number of nitrogens with one attached hydrogen (secondary N) is 2. The van der Waals surface area contributed by atoms with Gasteiger partial charge in [0.2, 0.25) is 0 Å². The Hall–Kier alpha value is -2.37. The van der Waals surface area contributed by atoms with Crippen LogP contribution in [0, 0.1) is 5.82 Å². The Kier molecular flexibility index (Phi) is 3.79. The van der Waals surface area contributed by atoms with E-state index in [1.807, 2.05) is 6.92 Å². The number of H-pyrrole nitrogens is 1. The van der Waals surface area contributed by atoms with Gasteiger partial charge < -0.3 is 15.4 Å². The van der Waals surface area contributed by atoms with Crippen molar-refractivity contribution in [2.24, 2.45) is 0 Å². The molecule has 3 N–H and O–H groups in total. The normalized spacial score (nSPS) is 12.1. The smallest absolute Gasteiger partial charge is 0.258 e. The van der Waals surface area contributed by atoms with Crippen LogP contribution in [0.1, 0.15) is 35.6 Å². The Morgan fingerprint density at radius 3 is 2.95 bits per heavy atom. The summed E-state index contributed by atoms with van der Waals surface area (Å²) in [6.07, 6.45) is 3.81. The third kappa shape index (κ3) is 2.73. The van der Waals surface area contributed by atoms with Crippen molar-refractivity contribution in [2.45, 2.75) is 19.4 Å². The number of amides is 1. The van der Waals surface area contributed by atoms with Gasteiger partial charge in [-0.25, -0.2) is 9.37 Å². The second-order valence-corrected chi connectivity index (χ2v) is 4.04. The summed E-state index contributed by atoms with van der Waals surface area (Å²) < 4.78 is 13.6. The Balaban J connectivity index is 2.21. The highest BCUT2D eigenvalue weighted by molar-refractivity contribution is 5.97. The van der Waals surface area contributed by atoms with E-state index in [0.29, 0.717) is 12.2 Å². The van der Waals surface area contributed by atoms with Crippen molar-refractivity contribution in [3.63, 3.8) is 0 Å². The van der Waals surface area contributed by atoms with Gasteiger partial charge in [0.15, 0.2) is 0 Å². The van der Waals surface area contributed by atoms with Crippen LogP contribution in [0.5, 0.6) is 5.75 Å². The molecule has 1 heterocycles. The van der Waals surface area contributed by atoms with Crippen LogP contribution >= 0.6 is 0 Å². The fraction of sp³-hybridized carbons (Fsp3) is 0.231. The minimum atomic E-state index is -0.758. The molecule has 1 unspecified atom stereocenters. The molecule has 0 aliphatic rings. The zero-order valence-electron chi connectivity index (χ0n) is 10.4. The molecule has 0 bridgehead atoms. The molecule has 0 aliphatic carbocycles. The van der Waals surface area contributed by atoms with Gasteiger partial charge in [-0.15, -0.1) is 0 Å². The third-order valence-corrected chi connectivity index (χ3v) is 2.78. The van der Waals surface area contributed by atoms with E-state index in [1.165, 1.54) is 12.1 Å². The number of benzene rings is 1. The van der Waals surface area contributed by atoms with Gasteiger partial charge in [0.25, 0.3) is 5.91 Å². The lowest BCUT2D eigenvalue weighted by molar-refractivity contribution is 0.0927. The molecule has 100 valence electrons. The number of carbonyl (C=O) groups is 1. The molecule has 1 aromatic carbocycles. The van der Waals surface area contributed by atoms with E-state index in [2.05, 4.69) is 15.3 Å². The summed E-state index contributed by atoms with van der Waals surface area (Å²) in [5.74, 6) is -1.22. The summed E-state index contributed by atoms with van der Waals surface area (Å²) in [7, 11) is 0. The van der Waals surface area contributed by atoms with Gasteiger partial charge in [0.05, 0.1) is 6.04 Å². The van der Waals surface area contributed by atoms with E-state index < -0.39 is 11.7 Å². The number of hydrogen-bond donors (Lipinski definition) is 3.